The van der Waals surface area contributed by atoms with Gasteiger partial charge in [-0.1, -0.05) is 0 Å². The monoisotopic (exact) mass is 274 g/mol. The Morgan fingerprint density at radius 1 is 1.30 bits per heavy atom. The molecule has 0 radical (unpaired) electrons. The Balaban J connectivity index is 2.20. The van der Waals surface area contributed by atoms with Gasteiger partial charge in [-0.15, -0.1) is 0 Å². The topological polar surface area (TPSA) is 97.1 Å². The molecule has 2 aromatic rings. The summed E-state index contributed by atoms with van der Waals surface area (Å²) in [5, 5.41) is 11.3. The molecule has 0 unspecified atom stereocenters. The van der Waals surface area contributed by atoms with Crippen LogP contribution >= 0.6 is 0 Å². The van der Waals surface area contributed by atoms with Gasteiger partial charge in [0.2, 0.25) is 5.95 Å². The summed E-state index contributed by atoms with van der Waals surface area (Å²) in [7, 11) is 0. The molecule has 0 aliphatic heterocycles. The summed E-state index contributed by atoms with van der Waals surface area (Å²) in [6.45, 7) is 3.33. The molecule has 0 fully saturated rings. The molecule has 0 aliphatic carbocycles. The number of carbonyl (C=O) groups excluding carboxylic acids is 1. The van der Waals surface area contributed by atoms with Crippen LogP contribution in [-0.2, 0) is 11.3 Å². The highest BCUT2D eigenvalue weighted by Crippen LogP contribution is 2.08. The molecule has 7 heteroatoms. The second-order valence-corrected chi connectivity index (χ2v) is 4.34. The van der Waals surface area contributed by atoms with Gasteiger partial charge in [0.25, 0.3) is 5.91 Å². The van der Waals surface area contributed by atoms with Crippen LogP contribution in [0.5, 0.6) is 0 Å². The van der Waals surface area contributed by atoms with E-state index >= 15 is 0 Å². The number of aromatic nitrogens is 3. The van der Waals surface area contributed by atoms with Crippen molar-refractivity contribution >= 4 is 17.8 Å². The molecule has 20 heavy (non-hydrogen) atoms. The maximum atomic E-state index is 12.1. The molecule has 7 nitrogen and oxygen atoms in total. The van der Waals surface area contributed by atoms with Crippen molar-refractivity contribution in [3.05, 3.63) is 41.5 Å². The molecular weight excluding hydrogens is 260 g/mol. The van der Waals surface area contributed by atoms with Crippen LogP contribution < -0.4 is 5.32 Å². The number of carboxylic acids is 1. The van der Waals surface area contributed by atoms with Crippen LogP contribution in [0.15, 0.2) is 24.4 Å². The Morgan fingerprint density at radius 2 is 1.95 bits per heavy atom. The van der Waals surface area contributed by atoms with E-state index in [0.717, 1.165) is 11.4 Å². The number of carboxylic acid groups (broad SMARTS) is 1. The highest BCUT2D eigenvalue weighted by molar-refractivity contribution is 6.02. The first kappa shape index (κ1) is 13.7. The van der Waals surface area contributed by atoms with E-state index in [0.29, 0.717) is 0 Å². The number of rotatable bonds is 4. The largest absolute Gasteiger partial charge is 0.480 e. The smallest absolute Gasteiger partial charge is 0.323 e. The molecule has 0 atom stereocenters. The van der Waals surface area contributed by atoms with E-state index < -0.39 is 11.9 Å². The number of nitrogens with one attached hydrogen (secondary N) is 1. The second-order valence-electron chi connectivity index (χ2n) is 4.34. The van der Waals surface area contributed by atoms with Gasteiger partial charge in [0, 0.05) is 17.6 Å². The second kappa shape index (κ2) is 5.52. The van der Waals surface area contributed by atoms with Gasteiger partial charge >= 0.3 is 5.97 Å². The quantitative estimate of drug-likeness (QED) is 0.874. The molecule has 0 saturated carbocycles. The van der Waals surface area contributed by atoms with E-state index in [4.69, 9.17) is 5.11 Å². The summed E-state index contributed by atoms with van der Waals surface area (Å²) in [6, 6.07) is 4.95. The fourth-order valence-corrected chi connectivity index (χ4v) is 1.85. The molecule has 0 saturated heterocycles. The lowest BCUT2D eigenvalue weighted by molar-refractivity contribution is -0.137. The van der Waals surface area contributed by atoms with Gasteiger partial charge in [0.05, 0.1) is 0 Å². The van der Waals surface area contributed by atoms with Gasteiger partial charge in [-0.3, -0.25) is 14.9 Å². The van der Waals surface area contributed by atoms with E-state index in [1.54, 1.807) is 32.0 Å². The Bertz CT molecular complexity index is 643. The maximum Gasteiger partial charge on any atom is 0.323 e. The molecule has 2 N–H and O–H groups in total. The van der Waals surface area contributed by atoms with Gasteiger partial charge in [0.15, 0.2) is 0 Å². The minimum Gasteiger partial charge on any atom is -0.480 e. The third-order valence-electron chi connectivity index (χ3n) is 2.58. The zero-order valence-electron chi connectivity index (χ0n) is 11.1. The van der Waals surface area contributed by atoms with Crippen molar-refractivity contribution in [1.29, 1.82) is 0 Å². The minimum atomic E-state index is -1.02. The van der Waals surface area contributed by atoms with Crippen LogP contribution in [0.25, 0.3) is 0 Å². The average molecular weight is 274 g/mol. The highest BCUT2D eigenvalue weighted by atomic mass is 16.4. The number of hydrogen-bond acceptors (Lipinski definition) is 4. The lowest BCUT2D eigenvalue weighted by Gasteiger charge is -2.07. The third kappa shape index (κ3) is 3.19. The summed E-state index contributed by atoms with van der Waals surface area (Å²) in [5.74, 6) is -1.25. The molecule has 1 amide bonds. The predicted octanol–water partition coefficient (Wildman–Crippen LogP) is 1.23. The molecule has 2 heterocycles. The fraction of sp³-hybridized carbons (Fsp3) is 0.231. The SMILES string of the molecule is Cc1cc(C)nc(NC(=O)c2cccn2CC(=O)O)n1. The number of hydrogen-bond donors (Lipinski definition) is 2. The van der Waals surface area contributed by atoms with Gasteiger partial charge < -0.3 is 9.67 Å². The molecule has 0 aliphatic rings. The van der Waals surface area contributed by atoms with Crippen molar-refractivity contribution in [3.63, 3.8) is 0 Å². The van der Waals surface area contributed by atoms with Gasteiger partial charge in [-0.05, 0) is 32.0 Å². The molecule has 0 aromatic carbocycles. The van der Waals surface area contributed by atoms with Gasteiger partial charge in [0.1, 0.15) is 12.2 Å². The normalized spacial score (nSPS) is 10.3. The number of aliphatic carboxylic acids is 1. The number of anilines is 1. The Kier molecular flexibility index (Phi) is 3.79. The molecule has 2 rings (SSSR count). The van der Waals surface area contributed by atoms with Crippen LogP contribution in [-0.4, -0.2) is 31.5 Å². The zero-order valence-corrected chi connectivity index (χ0v) is 11.1. The summed E-state index contributed by atoms with van der Waals surface area (Å²) in [5.41, 5.74) is 1.73. The van der Waals surface area contributed by atoms with Crippen molar-refractivity contribution in [2.75, 3.05) is 5.32 Å². The van der Waals surface area contributed by atoms with Gasteiger partial charge in [-0.2, -0.15) is 0 Å². The van der Waals surface area contributed by atoms with Crippen molar-refractivity contribution in [3.8, 4) is 0 Å². The first-order valence-corrected chi connectivity index (χ1v) is 5.96. The van der Waals surface area contributed by atoms with Crippen molar-refractivity contribution < 1.29 is 14.7 Å². The fourth-order valence-electron chi connectivity index (χ4n) is 1.85. The van der Waals surface area contributed by atoms with E-state index in [-0.39, 0.29) is 18.2 Å². The van der Waals surface area contributed by atoms with Crippen LogP contribution in [0.1, 0.15) is 21.9 Å². The number of carbonyl (C=O) groups is 2. The number of aryl methyl sites for hydroxylation is 2. The summed E-state index contributed by atoms with van der Waals surface area (Å²) in [6.07, 6.45) is 1.53. The lowest BCUT2D eigenvalue weighted by atomic mass is 10.3. The molecule has 0 bridgehead atoms. The first-order chi connectivity index (χ1) is 9.45. The van der Waals surface area contributed by atoms with Crippen LogP contribution in [0.4, 0.5) is 5.95 Å². The Morgan fingerprint density at radius 3 is 2.55 bits per heavy atom. The average Bonchev–Trinajstić information content (AvgIpc) is 2.74. The van der Waals surface area contributed by atoms with Crippen LogP contribution in [0.2, 0.25) is 0 Å². The summed E-state index contributed by atoms with van der Waals surface area (Å²) >= 11 is 0. The van der Waals surface area contributed by atoms with E-state index in [9.17, 15) is 9.59 Å². The molecule has 104 valence electrons. The maximum absolute atomic E-state index is 12.1. The zero-order chi connectivity index (χ0) is 14.7. The minimum absolute atomic E-state index is 0.204. The molecule has 0 spiro atoms. The van der Waals surface area contributed by atoms with Crippen LogP contribution in [0, 0.1) is 13.8 Å². The van der Waals surface area contributed by atoms with E-state index in [1.807, 2.05) is 0 Å². The van der Waals surface area contributed by atoms with Crippen LogP contribution in [0.3, 0.4) is 0 Å². The molecule has 2 aromatic heterocycles. The van der Waals surface area contributed by atoms with E-state index in [2.05, 4.69) is 15.3 Å². The van der Waals surface area contributed by atoms with Crippen molar-refractivity contribution in [2.24, 2.45) is 0 Å². The Labute approximate surface area is 115 Å². The predicted molar refractivity (Wildman–Crippen MR) is 71.5 cm³/mol. The third-order valence-corrected chi connectivity index (χ3v) is 2.58. The number of nitrogens with zero attached hydrogens (tertiary/aromatic N) is 3. The van der Waals surface area contributed by atoms with Crippen molar-refractivity contribution in [1.82, 2.24) is 14.5 Å². The molecular formula is C13H14N4O3. The van der Waals surface area contributed by atoms with Gasteiger partial charge in [-0.25, -0.2) is 9.97 Å². The van der Waals surface area contributed by atoms with Crippen molar-refractivity contribution in [2.45, 2.75) is 20.4 Å². The summed E-state index contributed by atoms with van der Waals surface area (Å²) < 4.78 is 1.35. The lowest BCUT2D eigenvalue weighted by Crippen LogP contribution is -2.20. The van der Waals surface area contributed by atoms with E-state index in [1.165, 1.54) is 10.8 Å². The number of amides is 1. The Hall–Kier alpha value is -2.70. The standard InChI is InChI=1S/C13H14N4O3/c1-8-6-9(2)15-13(14-8)16-12(20)10-4-3-5-17(10)7-11(18)19/h3-6H,7H2,1-2H3,(H,18,19)(H,14,15,16,20). The first-order valence-electron chi connectivity index (χ1n) is 5.96. The highest BCUT2D eigenvalue weighted by Gasteiger charge is 2.14. The summed E-state index contributed by atoms with van der Waals surface area (Å²) in [4.78, 5) is 31.0.